The van der Waals surface area contributed by atoms with Crippen molar-refractivity contribution in [2.75, 3.05) is 10.6 Å². The van der Waals surface area contributed by atoms with Crippen molar-refractivity contribution in [2.24, 2.45) is 0 Å². The molecule has 0 aliphatic carbocycles. The average molecular weight is 366 g/mol. The van der Waals surface area contributed by atoms with Crippen molar-refractivity contribution >= 4 is 28.9 Å². The minimum atomic E-state index is -0.187. The predicted molar refractivity (Wildman–Crippen MR) is 107 cm³/mol. The van der Waals surface area contributed by atoms with Crippen molar-refractivity contribution in [1.29, 1.82) is 0 Å². The van der Waals surface area contributed by atoms with Crippen LogP contribution in [0.1, 0.15) is 27.0 Å². The van der Waals surface area contributed by atoms with Crippen LogP contribution in [-0.4, -0.2) is 10.9 Å². The molecule has 0 saturated carbocycles. The highest BCUT2D eigenvalue weighted by molar-refractivity contribution is 6.31. The van der Waals surface area contributed by atoms with Gasteiger partial charge in [0.2, 0.25) is 0 Å². The van der Waals surface area contributed by atoms with E-state index in [0.29, 0.717) is 17.1 Å². The Morgan fingerprint density at radius 3 is 2.69 bits per heavy atom. The largest absolute Gasteiger partial charge is 0.380 e. The second-order valence-electron chi connectivity index (χ2n) is 6.11. The Bertz CT molecular complexity index is 940. The van der Waals surface area contributed by atoms with Gasteiger partial charge in [0.1, 0.15) is 0 Å². The molecule has 132 valence electrons. The monoisotopic (exact) mass is 365 g/mol. The van der Waals surface area contributed by atoms with Crippen LogP contribution < -0.4 is 10.6 Å². The molecule has 1 heterocycles. The first-order valence-corrected chi connectivity index (χ1v) is 8.72. The summed E-state index contributed by atoms with van der Waals surface area (Å²) in [6.45, 7) is 4.57. The van der Waals surface area contributed by atoms with Crippen LogP contribution in [-0.2, 0) is 6.54 Å². The summed E-state index contributed by atoms with van der Waals surface area (Å²) in [5.74, 6) is -0.187. The van der Waals surface area contributed by atoms with Gasteiger partial charge in [-0.25, -0.2) is 0 Å². The molecule has 2 aromatic carbocycles. The molecule has 0 radical (unpaired) electrons. The first kappa shape index (κ1) is 18.0. The van der Waals surface area contributed by atoms with Gasteiger partial charge in [-0.2, -0.15) is 0 Å². The molecule has 0 atom stereocenters. The highest BCUT2D eigenvalue weighted by atomic mass is 35.5. The summed E-state index contributed by atoms with van der Waals surface area (Å²) in [6.07, 6.45) is 3.24. The summed E-state index contributed by atoms with van der Waals surface area (Å²) in [5, 5.41) is 6.91. The summed E-state index contributed by atoms with van der Waals surface area (Å²) in [5.41, 5.74) is 5.25. The second kappa shape index (κ2) is 8.02. The molecule has 0 spiro atoms. The number of halogens is 1. The number of carbonyl (C=O) groups is 1. The fourth-order valence-corrected chi connectivity index (χ4v) is 2.78. The molecule has 0 unspecified atom stereocenters. The lowest BCUT2D eigenvalue weighted by atomic mass is 10.1. The summed E-state index contributed by atoms with van der Waals surface area (Å²) in [7, 11) is 0. The molecule has 0 fully saturated rings. The van der Waals surface area contributed by atoms with Crippen LogP contribution in [0.25, 0.3) is 0 Å². The number of hydrogen-bond donors (Lipinski definition) is 2. The van der Waals surface area contributed by atoms with Crippen LogP contribution in [0.4, 0.5) is 11.4 Å². The van der Waals surface area contributed by atoms with Gasteiger partial charge >= 0.3 is 0 Å². The van der Waals surface area contributed by atoms with Gasteiger partial charge in [0.05, 0.1) is 11.3 Å². The third-order valence-electron chi connectivity index (χ3n) is 4.29. The number of anilines is 2. The van der Waals surface area contributed by atoms with Gasteiger partial charge in [-0.05, 0) is 48.7 Å². The molecule has 5 heteroatoms. The van der Waals surface area contributed by atoms with E-state index in [9.17, 15) is 4.79 Å². The van der Waals surface area contributed by atoms with E-state index in [4.69, 9.17) is 11.6 Å². The first-order chi connectivity index (χ1) is 12.5. The second-order valence-corrected chi connectivity index (χ2v) is 6.52. The van der Waals surface area contributed by atoms with Crippen molar-refractivity contribution in [3.8, 4) is 0 Å². The van der Waals surface area contributed by atoms with E-state index < -0.39 is 0 Å². The molecule has 1 amide bonds. The normalized spacial score (nSPS) is 10.4. The Labute approximate surface area is 158 Å². The standard InChI is InChI=1S/C21H20ClN3O/c1-14-6-5-9-20(15(14)2)25-21(26)17-10-18(13-23-11-17)24-12-16-7-3-4-8-19(16)22/h3-11,13,24H,12H2,1-2H3,(H,25,26). The summed E-state index contributed by atoms with van der Waals surface area (Å²) >= 11 is 6.17. The van der Waals surface area contributed by atoms with E-state index in [1.807, 2.05) is 56.3 Å². The summed E-state index contributed by atoms with van der Waals surface area (Å²) < 4.78 is 0. The number of hydrogen-bond acceptors (Lipinski definition) is 3. The van der Waals surface area contributed by atoms with Crippen molar-refractivity contribution in [2.45, 2.75) is 20.4 Å². The third kappa shape index (κ3) is 4.21. The quantitative estimate of drug-likeness (QED) is 0.652. The van der Waals surface area contributed by atoms with Crippen LogP contribution in [0, 0.1) is 13.8 Å². The van der Waals surface area contributed by atoms with Crippen LogP contribution >= 0.6 is 11.6 Å². The Morgan fingerprint density at radius 2 is 1.88 bits per heavy atom. The Morgan fingerprint density at radius 1 is 1.08 bits per heavy atom. The maximum atomic E-state index is 12.6. The first-order valence-electron chi connectivity index (χ1n) is 8.34. The van der Waals surface area contributed by atoms with E-state index in [2.05, 4.69) is 15.6 Å². The Balaban J connectivity index is 1.71. The molecule has 2 N–H and O–H groups in total. The molecule has 0 aliphatic rings. The molecular weight excluding hydrogens is 346 g/mol. The third-order valence-corrected chi connectivity index (χ3v) is 4.66. The zero-order chi connectivity index (χ0) is 18.5. The van der Waals surface area contributed by atoms with E-state index in [-0.39, 0.29) is 5.91 Å². The number of nitrogens with zero attached hydrogens (tertiary/aromatic N) is 1. The lowest BCUT2D eigenvalue weighted by Crippen LogP contribution is -2.14. The zero-order valence-electron chi connectivity index (χ0n) is 14.7. The fraction of sp³-hybridized carbons (Fsp3) is 0.143. The zero-order valence-corrected chi connectivity index (χ0v) is 15.5. The van der Waals surface area contributed by atoms with Gasteiger partial charge in [0.25, 0.3) is 5.91 Å². The minimum Gasteiger partial charge on any atom is -0.380 e. The topological polar surface area (TPSA) is 54.0 Å². The molecule has 1 aromatic heterocycles. The number of rotatable bonds is 5. The number of aromatic nitrogens is 1. The number of aryl methyl sites for hydroxylation is 1. The van der Waals surface area contributed by atoms with Crippen LogP contribution in [0.3, 0.4) is 0 Å². The highest BCUT2D eigenvalue weighted by Gasteiger charge is 2.10. The molecule has 26 heavy (non-hydrogen) atoms. The van der Waals surface area contributed by atoms with E-state index >= 15 is 0 Å². The smallest absolute Gasteiger partial charge is 0.257 e. The van der Waals surface area contributed by atoms with Gasteiger partial charge in [-0.3, -0.25) is 9.78 Å². The van der Waals surface area contributed by atoms with Crippen molar-refractivity contribution in [1.82, 2.24) is 4.98 Å². The number of pyridine rings is 1. The Kier molecular flexibility index (Phi) is 5.54. The predicted octanol–water partition coefficient (Wildman–Crippen LogP) is 5.22. The van der Waals surface area contributed by atoms with E-state index in [0.717, 1.165) is 28.1 Å². The van der Waals surface area contributed by atoms with Crippen LogP contribution in [0.2, 0.25) is 5.02 Å². The number of nitrogens with one attached hydrogen (secondary N) is 2. The highest BCUT2D eigenvalue weighted by Crippen LogP contribution is 2.20. The van der Waals surface area contributed by atoms with E-state index in [1.165, 1.54) is 0 Å². The Hall–Kier alpha value is -2.85. The molecule has 0 aliphatic heterocycles. The number of benzene rings is 2. The number of amides is 1. The molecule has 3 aromatic rings. The summed E-state index contributed by atoms with van der Waals surface area (Å²) in [6, 6.07) is 15.3. The molecule has 4 nitrogen and oxygen atoms in total. The lowest BCUT2D eigenvalue weighted by Gasteiger charge is -2.12. The van der Waals surface area contributed by atoms with Gasteiger partial charge in [-0.15, -0.1) is 0 Å². The molecule has 3 rings (SSSR count). The fourth-order valence-electron chi connectivity index (χ4n) is 2.58. The van der Waals surface area contributed by atoms with Gasteiger partial charge < -0.3 is 10.6 Å². The van der Waals surface area contributed by atoms with Crippen molar-refractivity contribution in [3.05, 3.63) is 88.2 Å². The molecular formula is C21H20ClN3O. The van der Waals surface area contributed by atoms with E-state index in [1.54, 1.807) is 18.5 Å². The van der Waals surface area contributed by atoms with Crippen LogP contribution in [0.15, 0.2) is 60.9 Å². The van der Waals surface area contributed by atoms with Crippen molar-refractivity contribution in [3.63, 3.8) is 0 Å². The average Bonchev–Trinajstić information content (AvgIpc) is 2.65. The van der Waals surface area contributed by atoms with Gasteiger partial charge in [-0.1, -0.05) is 41.9 Å². The maximum absolute atomic E-state index is 12.6. The minimum absolute atomic E-state index is 0.187. The lowest BCUT2D eigenvalue weighted by molar-refractivity contribution is 0.102. The van der Waals surface area contributed by atoms with Gasteiger partial charge in [0.15, 0.2) is 0 Å². The molecule has 0 saturated heterocycles. The van der Waals surface area contributed by atoms with Gasteiger partial charge in [0, 0.05) is 29.6 Å². The SMILES string of the molecule is Cc1cccc(NC(=O)c2cncc(NCc3ccccc3Cl)c2)c1C. The van der Waals surface area contributed by atoms with Crippen molar-refractivity contribution < 1.29 is 4.79 Å². The van der Waals surface area contributed by atoms with Crippen LogP contribution in [0.5, 0.6) is 0 Å². The summed E-state index contributed by atoms with van der Waals surface area (Å²) in [4.78, 5) is 16.7. The maximum Gasteiger partial charge on any atom is 0.257 e. The molecule has 0 bridgehead atoms. The number of carbonyl (C=O) groups excluding carboxylic acids is 1.